The number of rotatable bonds is 5. The first-order valence-electron chi connectivity index (χ1n) is 11.7. The number of aliphatic hydroxyl groups is 1. The Morgan fingerprint density at radius 1 is 1.11 bits per heavy atom. The largest absolute Gasteiger partial charge is 0.505 e. The second-order valence-corrected chi connectivity index (χ2v) is 8.93. The van der Waals surface area contributed by atoms with Gasteiger partial charge in [0.05, 0.1) is 30.5 Å². The summed E-state index contributed by atoms with van der Waals surface area (Å²) < 4.78 is 20.8. The summed E-state index contributed by atoms with van der Waals surface area (Å²) in [7, 11) is 0. The number of nitrogens with zero attached hydrogens (tertiary/aromatic N) is 4. The average Bonchev–Trinajstić information content (AvgIpc) is 3.33. The smallest absolute Gasteiger partial charge is 0.295 e. The molecule has 2 aliphatic heterocycles. The molecule has 2 fully saturated rings. The Morgan fingerprint density at radius 2 is 1.83 bits per heavy atom. The molecule has 5 rings (SSSR count). The summed E-state index contributed by atoms with van der Waals surface area (Å²) in [4.78, 5) is 34.7. The lowest BCUT2D eigenvalue weighted by Gasteiger charge is -2.31. The maximum absolute atomic E-state index is 13.7. The van der Waals surface area contributed by atoms with E-state index < -0.39 is 23.5 Å². The number of amides is 1. The molecule has 0 bridgehead atoms. The Kier molecular flexibility index (Phi) is 6.12. The van der Waals surface area contributed by atoms with Gasteiger partial charge < -0.3 is 14.7 Å². The number of benzene rings is 1. The fourth-order valence-electron chi connectivity index (χ4n) is 4.91. The number of halogens is 1. The summed E-state index contributed by atoms with van der Waals surface area (Å²) in [6.45, 7) is 7.23. The van der Waals surface area contributed by atoms with Crippen molar-refractivity contribution in [3.05, 3.63) is 76.5 Å². The Labute approximate surface area is 202 Å². The molecule has 4 heterocycles. The highest BCUT2D eigenvalue weighted by molar-refractivity contribution is 6.46. The maximum atomic E-state index is 13.7. The van der Waals surface area contributed by atoms with E-state index in [9.17, 15) is 19.1 Å². The van der Waals surface area contributed by atoms with E-state index in [4.69, 9.17) is 4.74 Å². The summed E-state index contributed by atoms with van der Waals surface area (Å²) in [5.74, 6) is -2.16. The molecule has 1 aromatic carbocycles. The Balaban J connectivity index is 1.62. The molecule has 0 unspecified atom stereocenters. The highest BCUT2D eigenvalue weighted by atomic mass is 19.1. The fraction of sp³-hybridized carbons (Fsp3) is 0.346. The van der Waals surface area contributed by atoms with E-state index in [1.165, 1.54) is 17.0 Å². The van der Waals surface area contributed by atoms with Crippen molar-refractivity contribution in [2.45, 2.75) is 19.9 Å². The van der Waals surface area contributed by atoms with E-state index in [-0.39, 0.29) is 17.9 Å². The van der Waals surface area contributed by atoms with Gasteiger partial charge in [-0.3, -0.25) is 18.9 Å². The highest BCUT2D eigenvalue weighted by Crippen LogP contribution is 2.40. The topological polar surface area (TPSA) is 87.4 Å². The van der Waals surface area contributed by atoms with Crippen LogP contribution in [-0.2, 0) is 14.3 Å². The molecule has 0 spiro atoms. The van der Waals surface area contributed by atoms with Gasteiger partial charge in [0.15, 0.2) is 5.76 Å². The zero-order valence-electron chi connectivity index (χ0n) is 19.7. The number of ether oxygens (including phenoxy) is 1. The molecule has 35 heavy (non-hydrogen) atoms. The first-order valence-corrected chi connectivity index (χ1v) is 11.7. The number of aryl methyl sites for hydroxylation is 2. The highest BCUT2D eigenvalue weighted by Gasteiger charge is 2.46. The van der Waals surface area contributed by atoms with Crippen LogP contribution in [0.2, 0.25) is 0 Å². The van der Waals surface area contributed by atoms with Gasteiger partial charge in [0.2, 0.25) is 0 Å². The van der Waals surface area contributed by atoms with Crippen molar-refractivity contribution in [2.24, 2.45) is 0 Å². The maximum Gasteiger partial charge on any atom is 0.295 e. The number of pyridine rings is 1. The monoisotopic (exact) mass is 478 g/mol. The molecule has 8 nitrogen and oxygen atoms in total. The van der Waals surface area contributed by atoms with Crippen LogP contribution in [0.3, 0.4) is 0 Å². The van der Waals surface area contributed by atoms with Gasteiger partial charge in [-0.05, 0) is 43.2 Å². The fourth-order valence-corrected chi connectivity index (χ4v) is 4.91. The molecule has 0 saturated carbocycles. The van der Waals surface area contributed by atoms with Gasteiger partial charge in [-0.2, -0.15) is 0 Å². The number of likely N-dealkylation sites (tertiary alicyclic amines) is 1. The first kappa shape index (κ1) is 23.2. The van der Waals surface area contributed by atoms with Crippen LogP contribution in [0.4, 0.5) is 4.39 Å². The lowest BCUT2D eigenvalue weighted by Crippen LogP contribution is -2.42. The van der Waals surface area contributed by atoms with Crippen molar-refractivity contribution in [1.29, 1.82) is 0 Å². The molecule has 2 aromatic heterocycles. The van der Waals surface area contributed by atoms with E-state index >= 15 is 0 Å². The lowest BCUT2D eigenvalue weighted by atomic mass is 9.96. The van der Waals surface area contributed by atoms with Gasteiger partial charge in [-0.25, -0.2) is 9.37 Å². The summed E-state index contributed by atoms with van der Waals surface area (Å²) in [6.07, 6.45) is 1.76. The number of morpholine rings is 1. The molecular weight excluding hydrogens is 451 g/mol. The number of hydrogen-bond acceptors (Lipinski definition) is 6. The minimum absolute atomic E-state index is 0.0185. The van der Waals surface area contributed by atoms with Crippen molar-refractivity contribution >= 4 is 23.1 Å². The van der Waals surface area contributed by atoms with Gasteiger partial charge in [-0.1, -0.05) is 18.2 Å². The van der Waals surface area contributed by atoms with E-state index in [2.05, 4.69) is 9.88 Å². The second-order valence-electron chi connectivity index (χ2n) is 8.93. The lowest BCUT2D eigenvalue weighted by molar-refractivity contribution is -0.140. The number of fused-ring (bicyclic) bond motifs is 1. The minimum atomic E-state index is -0.841. The standard InChI is InChI=1S/C26H27FN4O4/c1-16-4-3-9-30-21(17(2)28-25(16)30)23(32)20-22(18-5-7-19(27)8-6-18)31(26(34)24(20)33)11-10-29-12-14-35-15-13-29/h3-9,22,32H,10-15H2,1-2H3/t22-/m1/s1. The van der Waals surface area contributed by atoms with E-state index in [1.54, 1.807) is 29.7 Å². The van der Waals surface area contributed by atoms with E-state index in [0.717, 1.165) is 18.7 Å². The number of imidazole rings is 1. The predicted octanol–water partition coefficient (Wildman–Crippen LogP) is 2.84. The van der Waals surface area contributed by atoms with Crippen LogP contribution in [0, 0.1) is 19.7 Å². The second kappa shape index (κ2) is 9.24. The van der Waals surface area contributed by atoms with Crippen molar-refractivity contribution in [1.82, 2.24) is 19.2 Å². The van der Waals surface area contributed by atoms with E-state index in [1.807, 2.05) is 19.1 Å². The van der Waals surface area contributed by atoms with Gasteiger partial charge >= 0.3 is 0 Å². The van der Waals surface area contributed by atoms with Crippen molar-refractivity contribution in [2.75, 3.05) is 39.4 Å². The third kappa shape index (κ3) is 4.11. The zero-order valence-corrected chi connectivity index (χ0v) is 19.7. The van der Waals surface area contributed by atoms with E-state index in [0.29, 0.717) is 42.4 Å². The minimum Gasteiger partial charge on any atom is -0.505 e. The van der Waals surface area contributed by atoms with Gasteiger partial charge in [0.1, 0.15) is 17.2 Å². The first-order chi connectivity index (χ1) is 16.9. The molecule has 2 saturated heterocycles. The van der Waals surface area contributed by atoms with Gasteiger partial charge in [0.25, 0.3) is 11.7 Å². The summed E-state index contributed by atoms with van der Waals surface area (Å²) in [5, 5.41) is 11.5. The van der Waals surface area contributed by atoms with Crippen LogP contribution in [0.25, 0.3) is 11.4 Å². The molecule has 1 amide bonds. The SMILES string of the molecule is Cc1nc2c(C)cccn2c1C(O)=C1C(=O)C(=O)N(CCN2CCOCC2)[C@@H]1c1ccc(F)cc1. The molecule has 1 N–H and O–H groups in total. The molecule has 9 heteroatoms. The molecule has 1 atom stereocenters. The van der Waals surface area contributed by atoms with Gasteiger partial charge in [0, 0.05) is 32.4 Å². The number of carbonyl (C=O) groups excluding carboxylic acids is 2. The Bertz CT molecular complexity index is 1330. The number of aromatic nitrogens is 2. The summed E-state index contributed by atoms with van der Waals surface area (Å²) in [6, 6.07) is 8.58. The van der Waals surface area contributed by atoms with Gasteiger partial charge in [-0.15, -0.1) is 0 Å². The van der Waals surface area contributed by atoms with Crippen molar-refractivity contribution in [3.8, 4) is 0 Å². The molecule has 3 aromatic rings. The number of aliphatic hydroxyl groups excluding tert-OH is 1. The van der Waals surface area contributed by atoms with Crippen molar-refractivity contribution in [3.63, 3.8) is 0 Å². The number of ketones is 1. The van der Waals surface area contributed by atoms with Crippen LogP contribution < -0.4 is 0 Å². The summed E-state index contributed by atoms with van der Waals surface area (Å²) >= 11 is 0. The Hall–Kier alpha value is -3.56. The Morgan fingerprint density at radius 3 is 2.54 bits per heavy atom. The van der Waals surface area contributed by atoms with Crippen LogP contribution in [0.5, 0.6) is 0 Å². The van der Waals surface area contributed by atoms with Crippen molar-refractivity contribution < 1.29 is 23.8 Å². The zero-order chi connectivity index (χ0) is 24.7. The summed E-state index contributed by atoms with van der Waals surface area (Å²) in [5.41, 5.74) is 3.00. The molecule has 0 radical (unpaired) electrons. The molecule has 2 aliphatic rings. The van der Waals surface area contributed by atoms with Crippen LogP contribution in [0.1, 0.15) is 28.6 Å². The number of carbonyl (C=O) groups is 2. The molecule has 182 valence electrons. The number of Topliss-reactive ketones (excluding diaryl/α,β-unsaturated/α-hetero) is 1. The third-order valence-electron chi connectivity index (χ3n) is 6.73. The average molecular weight is 479 g/mol. The molecular formula is C26H27FN4O4. The van der Waals surface area contributed by atoms with Crippen LogP contribution >= 0.6 is 0 Å². The predicted molar refractivity (Wildman–Crippen MR) is 127 cm³/mol. The normalized spacial score (nSPS) is 20.8. The van der Waals surface area contributed by atoms with Crippen LogP contribution in [-0.4, -0.2) is 75.4 Å². The third-order valence-corrected chi connectivity index (χ3v) is 6.73. The molecule has 0 aliphatic carbocycles. The quantitative estimate of drug-likeness (QED) is 0.345. The number of hydrogen-bond donors (Lipinski definition) is 1. The van der Waals surface area contributed by atoms with Crippen LogP contribution in [0.15, 0.2) is 48.2 Å².